The van der Waals surface area contributed by atoms with Gasteiger partial charge in [-0.15, -0.1) is 0 Å². The molecule has 1 aliphatic rings. The number of pyridine rings is 1. The van der Waals surface area contributed by atoms with Crippen molar-refractivity contribution in [3.63, 3.8) is 0 Å². The van der Waals surface area contributed by atoms with Crippen LogP contribution >= 0.6 is 0 Å². The molecule has 4 rings (SSSR count). The van der Waals surface area contributed by atoms with Crippen LogP contribution in [0.25, 0.3) is 10.9 Å². The maximum atomic E-state index is 13.0. The maximum Gasteiger partial charge on any atom is 0.254 e. The Morgan fingerprint density at radius 2 is 2.08 bits per heavy atom. The second-order valence-electron chi connectivity index (χ2n) is 6.50. The first-order chi connectivity index (χ1) is 12.6. The van der Waals surface area contributed by atoms with Crippen molar-refractivity contribution < 1.29 is 9.53 Å². The van der Waals surface area contributed by atoms with E-state index in [-0.39, 0.29) is 12.0 Å². The van der Waals surface area contributed by atoms with Gasteiger partial charge in [0.1, 0.15) is 11.9 Å². The predicted octanol–water partition coefficient (Wildman–Crippen LogP) is 2.86. The molecule has 2 aromatic heterocycles. The summed E-state index contributed by atoms with van der Waals surface area (Å²) in [4.78, 5) is 27.9. The normalized spacial score (nSPS) is 17.5. The lowest BCUT2D eigenvalue weighted by Crippen LogP contribution is -2.42. The lowest BCUT2D eigenvalue weighted by molar-refractivity contribution is -0.0248. The number of amides is 1. The van der Waals surface area contributed by atoms with Gasteiger partial charge in [0.2, 0.25) is 0 Å². The highest BCUT2D eigenvalue weighted by Gasteiger charge is 2.27. The Balaban J connectivity index is 1.57. The molecule has 1 aromatic carbocycles. The van der Waals surface area contributed by atoms with Crippen LogP contribution in [0.1, 0.15) is 33.7 Å². The summed E-state index contributed by atoms with van der Waals surface area (Å²) >= 11 is 0. The van der Waals surface area contributed by atoms with Gasteiger partial charge in [-0.2, -0.15) is 0 Å². The van der Waals surface area contributed by atoms with E-state index < -0.39 is 0 Å². The fourth-order valence-corrected chi connectivity index (χ4v) is 3.31. The summed E-state index contributed by atoms with van der Waals surface area (Å²) in [5.41, 5.74) is 3.29. The van der Waals surface area contributed by atoms with E-state index >= 15 is 0 Å². The number of carbonyl (C=O) groups excluding carboxylic acids is 1. The van der Waals surface area contributed by atoms with Crippen molar-refractivity contribution in [2.45, 2.75) is 20.0 Å². The van der Waals surface area contributed by atoms with E-state index in [2.05, 4.69) is 15.0 Å². The van der Waals surface area contributed by atoms with Gasteiger partial charge < -0.3 is 9.64 Å². The SMILES string of the molecule is Cc1cc([C@H]2CN(C(=O)c3ccc4ncccc4c3)CCO2)nc(C)n1. The minimum absolute atomic E-state index is 0.00607. The zero-order valence-corrected chi connectivity index (χ0v) is 14.8. The maximum absolute atomic E-state index is 13.0. The molecular formula is C20H20N4O2. The van der Waals surface area contributed by atoms with Gasteiger partial charge in [0.15, 0.2) is 0 Å². The summed E-state index contributed by atoms with van der Waals surface area (Å²) in [5.74, 6) is 0.723. The molecule has 3 aromatic rings. The lowest BCUT2D eigenvalue weighted by Gasteiger charge is -2.33. The summed E-state index contributed by atoms with van der Waals surface area (Å²) < 4.78 is 5.87. The number of morpholine rings is 1. The summed E-state index contributed by atoms with van der Waals surface area (Å²) in [6, 6.07) is 11.4. The highest BCUT2D eigenvalue weighted by Crippen LogP contribution is 2.23. The zero-order valence-electron chi connectivity index (χ0n) is 14.8. The van der Waals surface area contributed by atoms with E-state index in [0.29, 0.717) is 31.1 Å². The van der Waals surface area contributed by atoms with E-state index in [1.807, 2.05) is 55.1 Å². The third-order valence-electron chi connectivity index (χ3n) is 4.52. The second-order valence-corrected chi connectivity index (χ2v) is 6.50. The van der Waals surface area contributed by atoms with Gasteiger partial charge in [-0.1, -0.05) is 6.07 Å². The number of aromatic nitrogens is 3. The standard InChI is InChI=1S/C20H20N4O2/c1-13-10-18(23-14(2)22-13)19-12-24(8-9-26-19)20(25)16-5-6-17-15(11-16)4-3-7-21-17/h3-7,10-11,19H,8-9,12H2,1-2H3/t19-/m1/s1. The minimum Gasteiger partial charge on any atom is -0.368 e. The molecule has 3 heterocycles. The summed E-state index contributed by atoms with van der Waals surface area (Å²) in [7, 11) is 0. The number of aryl methyl sites for hydroxylation is 2. The fourth-order valence-electron chi connectivity index (χ4n) is 3.31. The van der Waals surface area contributed by atoms with Crippen molar-refractivity contribution in [2.24, 2.45) is 0 Å². The molecule has 1 amide bonds. The third kappa shape index (κ3) is 3.28. The minimum atomic E-state index is -0.227. The van der Waals surface area contributed by atoms with Crippen LogP contribution in [0.4, 0.5) is 0 Å². The lowest BCUT2D eigenvalue weighted by atomic mass is 10.1. The van der Waals surface area contributed by atoms with Crippen molar-refractivity contribution in [1.82, 2.24) is 19.9 Å². The largest absolute Gasteiger partial charge is 0.368 e. The number of ether oxygens (including phenoxy) is 1. The second kappa shape index (κ2) is 6.80. The van der Waals surface area contributed by atoms with Gasteiger partial charge in [0, 0.05) is 29.4 Å². The average Bonchev–Trinajstić information content (AvgIpc) is 2.66. The molecule has 0 unspecified atom stereocenters. The Morgan fingerprint density at radius 3 is 2.92 bits per heavy atom. The zero-order chi connectivity index (χ0) is 18.1. The molecule has 6 heteroatoms. The molecule has 0 radical (unpaired) electrons. The van der Waals surface area contributed by atoms with Crippen LogP contribution in [0.2, 0.25) is 0 Å². The topological polar surface area (TPSA) is 68.2 Å². The van der Waals surface area contributed by atoms with Crippen LogP contribution in [0.15, 0.2) is 42.6 Å². The van der Waals surface area contributed by atoms with E-state index in [1.165, 1.54) is 0 Å². The number of fused-ring (bicyclic) bond motifs is 1. The Bertz CT molecular complexity index is 953. The first kappa shape index (κ1) is 16.6. The van der Waals surface area contributed by atoms with Crippen molar-refractivity contribution >= 4 is 16.8 Å². The van der Waals surface area contributed by atoms with Crippen LogP contribution < -0.4 is 0 Å². The fraction of sp³-hybridized carbons (Fsp3) is 0.300. The van der Waals surface area contributed by atoms with Crippen LogP contribution in [0.5, 0.6) is 0 Å². The molecule has 132 valence electrons. The highest BCUT2D eigenvalue weighted by molar-refractivity contribution is 5.98. The van der Waals surface area contributed by atoms with Crippen LogP contribution in [0.3, 0.4) is 0 Å². The van der Waals surface area contributed by atoms with E-state index in [0.717, 1.165) is 22.3 Å². The monoisotopic (exact) mass is 348 g/mol. The van der Waals surface area contributed by atoms with Gasteiger partial charge in [0.25, 0.3) is 5.91 Å². The third-order valence-corrected chi connectivity index (χ3v) is 4.52. The molecule has 0 bridgehead atoms. The van der Waals surface area contributed by atoms with E-state index in [1.54, 1.807) is 6.20 Å². The van der Waals surface area contributed by atoms with Gasteiger partial charge >= 0.3 is 0 Å². The molecule has 26 heavy (non-hydrogen) atoms. The predicted molar refractivity (Wildman–Crippen MR) is 97.8 cm³/mol. The number of nitrogens with zero attached hydrogens (tertiary/aromatic N) is 4. The quantitative estimate of drug-likeness (QED) is 0.712. The Hall–Kier alpha value is -2.86. The molecule has 1 aliphatic heterocycles. The average molecular weight is 348 g/mol. The molecule has 0 N–H and O–H groups in total. The molecule has 6 nitrogen and oxygen atoms in total. The number of rotatable bonds is 2. The first-order valence-corrected chi connectivity index (χ1v) is 8.68. The number of carbonyl (C=O) groups is 1. The molecule has 1 saturated heterocycles. The molecule has 0 spiro atoms. The number of hydrogen-bond acceptors (Lipinski definition) is 5. The van der Waals surface area contributed by atoms with Crippen molar-refractivity contribution in [2.75, 3.05) is 19.7 Å². The van der Waals surface area contributed by atoms with Crippen LogP contribution in [-0.2, 0) is 4.74 Å². The Morgan fingerprint density at radius 1 is 1.19 bits per heavy atom. The number of hydrogen-bond donors (Lipinski definition) is 0. The highest BCUT2D eigenvalue weighted by atomic mass is 16.5. The van der Waals surface area contributed by atoms with Crippen molar-refractivity contribution in [1.29, 1.82) is 0 Å². The van der Waals surface area contributed by atoms with Gasteiger partial charge in [-0.05, 0) is 44.2 Å². The smallest absolute Gasteiger partial charge is 0.254 e. The number of benzene rings is 1. The van der Waals surface area contributed by atoms with E-state index in [4.69, 9.17) is 4.74 Å². The molecule has 1 fully saturated rings. The molecule has 0 saturated carbocycles. The summed E-state index contributed by atoms with van der Waals surface area (Å²) in [6.45, 7) is 5.36. The van der Waals surface area contributed by atoms with Crippen molar-refractivity contribution in [3.8, 4) is 0 Å². The summed E-state index contributed by atoms with van der Waals surface area (Å²) in [6.07, 6.45) is 1.53. The Kier molecular flexibility index (Phi) is 4.34. The van der Waals surface area contributed by atoms with Gasteiger partial charge in [-0.3, -0.25) is 9.78 Å². The molecular weight excluding hydrogens is 328 g/mol. The molecule has 1 atom stereocenters. The van der Waals surface area contributed by atoms with Crippen molar-refractivity contribution in [3.05, 3.63) is 65.4 Å². The van der Waals surface area contributed by atoms with E-state index in [9.17, 15) is 4.79 Å². The summed E-state index contributed by atoms with van der Waals surface area (Å²) in [5, 5.41) is 0.963. The Labute approximate surface area is 151 Å². The molecule has 0 aliphatic carbocycles. The van der Waals surface area contributed by atoms with Crippen LogP contribution in [-0.4, -0.2) is 45.5 Å². The van der Waals surface area contributed by atoms with Gasteiger partial charge in [0.05, 0.1) is 24.4 Å². The van der Waals surface area contributed by atoms with Crippen LogP contribution in [0, 0.1) is 13.8 Å². The van der Waals surface area contributed by atoms with Gasteiger partial charge in [-0.25, -0.2) is 9.97 Å². The first-order valence-electron chi connectivity index (χ1n) is 8.68.